The summed E-state index contributed by atoms with van der Waals surface area (Å²) < 4.78 is 17.0. The average Bonchev–Trinajstić information content (AvgIpc) is 3.48. The quantitative estimate of drug-likeness (QED) is 0.0261. The minimum absolute atomic E-state index is 0.0800. The molecule has 0 N–H and O–H groups in total. The second-order valence-electron chi connectivity index (χ2n) is 24.1. The topological polar surface area (TPSA) is 78.9 Å². The van der Waals surface area contributed by atoms with E-state index >= 15 is 0 Å². The van der Waals surface area contributed by atoms with Crippen LogP contribution in [0, 0.1) is 0 Å². The standard InChI is InChI=1S/C76H136O6/c1-4-7-10-13-16-19-22-25-28-30-32-34-36-38-40-41-43-45-48-51-54-57-60-63-66-69-75(78)81-72-73(71-80-74(77)68-65-62-59-56-53-50-47-27-24-21-18-15-12-9-6-3)82-76(79)70-67-64-61-58-55-52-49-46-44-42-39-37-35-33-31-29-26-23-20-17-14-11-8-5-2/h9,12,18,21-22,25,27,30,32,36,38,47,73H,4-8,10-11,13-17,19-20,23-24,26,28-29,31,33-35,37,39-46,48-72H2,1-3H3/b12-9-,21-18-,25-22-,32-30-,38-36-,47-27-. The Morgan fingerprint density at radius 1 is 0.256 bits per heavy atom. The van der Waals surface area contributed by atoms with Crippen LogP contribution in [0.15, 0.2) is 72.9 Å². The van der Waals surface area contributed by atoms with Gasteiger partial charge in [-0.25, -0.2) is 0 Å². The molecule has 1 atom stereocenters. The summed E-state index contributed by atoms with van der Waals surface area (Å²) in [6.07, 6.45) is 92.2. The Balaban J connectivity index is 4.30. The van der Waals surface area contributed by atoms with Crippen LogP contribution in [0.1, 0.15) is 374 Å². The molecule has 0 aliphatic carbocycles. The Labute approximate surface area is 510 Å². The lowest BCUT2D eigenvalue weighted by Gasteiger charge is -2.18. The van der Waals surface area contributed by atoms with Crippen molar-refractivity contribution < 1.29 is 28.6 Å². The van der Waals surface area contributed by atoms with Crippen LogP contribution >= 0.6 is 0 Å². The Morgan fingerprint density at radius 2 is 0.476 bits per heavy atom. The van der Waals surface area contributed by atoms with E-state index in [0.717, 1.165) is 109 Å². The first-order chi connectivity index (χ1) is 40.5. The van der Waals surface area contributed by atoms with E-state index in [-0.39, 0.29) is 31.1 Å². The summed E-state index contributed by atoms with van der Waals surface area (Å²) in [7, 11) is 0. The molecule has 0 aromatic rings. The number of ether oxygens (including phenoxy) is 3. The van der Waals surface area contributed by atoms with Crippen LogP contribution in [0.4, 0.5) is 0 Å². The molecule has 0 fully saturated rings. The highest BCUT2D eigenvalue weighted by Gasteiger charge is 2.19. The van der Waals surface area contributed by atoms with Crippen molar-refractivity contribution in [2.24, 2.45) is 0 Å². The van der Waals surface area contributed by atoms with Crippen LogP contribution in [-0.2, 0) is 28.6 Å². The van der Waals surface area contributed by atoms with Crippen LogP contribution in [0.2, 0.25) is 0 Å². The largest absolute Gasteiger partial charge is 0.462 e. The van der Waals surface area contributed by atoms with Gasteiger partial charge in [-0.1, -0.05) is 338 Å². The van der Waals surface area contributed by atoms with Gasteiger partial charge in [-0.2, -0.15) is 0 Å². The van der Waals surface area contributed by atoms with Crippen molar-refractivity contribution in [1.29, 1.82) is 0 Å². The molecule has 0 saturated heterocycles. The molecule has 0 saturated carbocycles. The molecule has 0 rings (SSSR count). The lowest BCUT2D eigenvalue weighted by atomic mass is 10.0. The molecular formula is C76H136O6. The normalized spacial score (nSPS) is 12.5. The van der Waals surface area contributed by atoms with Gasteiger partial charge in [-0.3, -0.25) is 14.4 Å². The van der Waals surface area contributed by atoms with E-state index in [2.05, 4.69) is 93.7 Å². The number of hydrogen-bond donors (Lipinski definition) is 0. The number of hydrogen-bond acceptors (Lipinski definition) is 6. The molecule has 0 amide bonds. The molecule has 476 valence electrons. The molecule has 1 unspecified atom stereocenters. The summed E-state index contributed by atoms with van der Waals surface area (Å²) in [6, 6.07) is 0. The number of unbranched alkanes of at least 4 members (excludes halogenated alkanes) is 43. The van der Waals surface area contributed by atoms with E-state index in [9.17, 15) is 14.4 Å². The molecule has 0 aromatic heterocycles. The van der Waals surface area contributed by atoms with Gasteiger partial charge in [0.2, 0.25) is 0 Å². The van der Waals surface area contributed by atoms with E-state index in [1.54, 1.807) is 0 Å². The van der Waals surface area contributed by atoms with Gasteiger partial charge in [-0.15, -0.1) is 0 Å². The van der Waals surface area contributed by atoms with Crippen LogP contribution in [0.3, 0.4) is 0 Å². The van der Waals surface area contributed by atoms with Crippen molar-refractivity contribution in [3.63, 3.8) is 0 Å². The molecule has 82 heavy (non-hydrogen) atoms. The number of allylic oxidation sites excluding steroid dienone is 12. The van der Waals surface area contributed by atoms with Crippen LogP contribution in [-0.4, -0.2) is 37.2 Å². The fourth-order valence-corrected chi connectivity index (χ4v) is 10.6. The first-order valence-electron chi connectivity index (χ1n) is 35.9. The van der Waals surface area contributed by atoms with E-state index in [1.807, 2.05) is 0 Å². The predicted molar refractivity (Wildman–Crippen MR) is 358 cm³/mol. The van der Waals surface area contributed by atoms with Crippen molar-refractivity contribution in [3.05, 3.63) is 72.9 Å². The first-order valence-corrected chi connectivity index (χ1v) is 35.9. The molecule has 0 bridgehead atoms. The van der Waals surface area contributed by atoms with Gasteiger partial charge in [0, 0.05) is 19.3 Å². The molecule has 0 aliphatic rings. The molecular weight excluding hydrogens is 1010 g/mol. The smallest absolute Gasteiger partial charge is 0.306 e. The lowest BCUT2D eigenvalue weighted by molar-refractivity contribution is -0.167. The maximum absolute atomic E-state index is 13.0. The molecule has 0 aromatic carbocycles. The van der Waals surface area contributed by atoms with Crippen LogP contribution in [0.25, 0.3) is 0 Å². The molecule has 6 heteroatoms. The third-order valence-electron chi connectivity index (χ3n) is 15.9. The Hall–Kier alpha value is -3.15. The highest BCUT2D eigenvalue weighted by Crippen LogP contribution is 2.18. The van der Waals surface area contributed by atoms with E-state index in [0.29, 0.717) is 19.3 Å². The maximum Gasteiger partial charge on any atom is 0.306 e. The van der Waals surface area contributed by atoms with Gasteiger partial charge in [0.15, 0.2) is 6.10 Å². The van der Waals surface area contributed by atoms with Gasteiger partial charge < -0.3 is 14.2 Å². The second kappa shape index (κ2) is 70.3. The Bertz CT molecular complexity index is 1500. The molecule has 0 aliphatic heterocycles. The molecule has 0 spiro atoms. The number of esters is 3. The summed E-state index contributed by atoms with van der Waals surface area (Å²) in [5.74, 6) is -0.878. The van der Waals surface area contributed by atoms with E-state index < -0.39 is 6.10 Å². The number of rotatable bonds is 66. The minimum atomic E-state index is -0.785. The Morgan fingerprint density at radius 3 is 0.744 bits per heavy atom. The second-order valence-corrected chi connectivity index (χ2v) is 24.1. The molecule has 6 nitrogen and oxygen atoms in total. The zero-order valence-corrected chi connectivity index (χ0v) is 54.8. The summed E-state index contributed by atoms with van der Waals surface area (Å²) in [6.45, 7) is 6.56. The minimum Gasteiger partial charge on any atom is -0.462 e. The van der Waals surface area contributed by atoms with Gasteiger partial charge in [0.25, 0.3) is 0 Å². The average molecular weight is 1150 g/mol. The van der Waals surface area contributed by atoms with E-state index in [4.69, 9.17) is 14.2 Å². The fraction of sp³-hybridized carbons (Fsp3) is 0.803. The van der Waals surface area contributed by atoms with Crippen molar-refractivity contribution in [1.82, 2.24) is 0 Å². The molecule has 0 heterocycles. The van der Waals surface area contributed by atoms with Crippen molar-refractivity contribution in [3.8, 4) is 0 Å². The van der Waals surface area contributed by atoms with Gasteiger partial charge in [0.1, 0.15) is 13.2 Å². The van der Waals surface area contributed by atoms with Gasteiger partial charge in [-0.05, 0) is 89.9 Å². The SMILES string of the molecule is CC/C=C\C/C=C\C/C=C\CCCCCCCC(=O)OCC(COC(=O)CCCCCCCCCCCC/C=C\C/C=C\C/C=C\CCCCCCC)OC(=O)CCCCCCCCCCCCCCCCCCCCCCCCCC. The highest BCUT2D eigenvalue weighted by molar-refractivity contribution is 5.71. The van der Waals surface area contributed by atoms with Gasteiger partial charge in [0.05, 0.1) is 0 Å². The summed E-state index contributed by atoms with van der Waals surface area (Å²) >= 11 is 0. The third kappa shape index (κ3) is 67.6. The van der Waals surface area contributed by atoms with Crippen molar-refractivity contribution >= 4 is 17.9 Å². The highest BCUT2D eigenvalue weighted by atomic mass is 16.6. The summed E-state index contributed by atoms with van der Waals surface area (Å²) in [5, 5.41) is 0. The van der Waals surface area contributed by atoms with Gasteiger partial charge >= 0.3 is 17.9 Å². The third-order valence-corrected chi connectivity index (χ3v) is 15.9. The fourth-order valence-electron chi connectivity index (χ4n) is 10.6. The summed E-state index contributed by atoms with van der Waals surface area (Å²) in [5.41, 5.74) is 0. The Kier molecular flexibility index (Phi) is 67.6. The predicted octanol–water partition coefficient (Wildman–Crippen LogP) is 24.8. The van der Waals surface area contributed by atoms with Crippen LogP contribution < -0.4 is 0 Å². The zero-order chi connectivity index (χ0) is 59.2. The zero-order valence-electron chi connectivity index (χ0n) is 54.8. The monoisotopic (exact) mass is 1150 g/mol. The summed E-state index contributed by atoms with van der Waals surface area (Å²) in [4.78, 5) is 38.5. The maximum atomic E-state index is 13.0. The molecule has 0 radical (unpaired) electrons. The number of carbonyl (C=O) groups is 3. The van der Waals surface area contributed by atoms with Crippen LogP contribution in [0.5, 0.6) is 0 Å². The van der Waals surface area contributed by atoms with Crippen molar-refractivity contribution in [2.45, 2.75) is 380 Å². The first kappa shape index (κ1) is 78.8. The van der Waals surface area contributed by atoms with E-state index in [1.165, 1.54) is 225 Å². The van der Waals surface area contributed by atoms with Crippen molar-refractivity contribution in [2.75, 3.05) is 13.2 Å². The number of carbonyl (C=O) groups excluding carboxylic acids is 3. The lowest BCUT2D eigenvalue weighted by Crippen LogP contribution is -2.30.